The van der Waals surface area contributed by atoms with E-state index >= 15 is 0 Å². The van der Waals surface area contributed by atoms with E-state index in [-0.39, 0.29) is 0 Å². The van der Waals surface area contributed by atoms with Crippen LogP contribution in [0.3, 0.4) is 0 Å². The molecule has 0 spiro atoms. The maximum Gasteiger partial charge on any atom is 0.240 e. The largest absolute Gasteiger partial charge is 0.365 e. The van der Waals surface area contributed by atoms with E-state index in [0.717, 1.165) is 4.43 Å². The van der Waals surface area contributed by atoms with Crippen LogP contribution in [0.15, 0.2) is 0 Å². The van der Waals surface area contributed by atoms with Gasteiger partial charge in [0.2, 0.25) is 10.1 Å². The Kier molecular flexibility index (Phi) is 6.01. The van der Waals surface area contributed by atoms with E-state index in [4.69, 9.17) is 44.6 Å². The van der Waals surface area contributed by atoms with Gasteiger partial charge in [0.1, 0.15) is 0 Å². The van der Waals surface area contributed by atoms with E-state index in [1.165, 1.54) is 0 Å². The second kappa shape index (κ2) is 5.22. The molecule has 0 saturated heterocycles. The van der Waals surface area contributed by atoms with Crippen molar-refractivity contribution in [3.63, 3.8) is 0 Å². The minimum atomic E-state index is -1.74. The highest BCUT2D eigenvalue weighted by molar-refractivity contribution is 14.1. The second-order valence-electron chi connectivity index (χ2n) is 1.45. The summed E-state index contributed by atoms with van der Waals surface area (Å²) in [6.45, 7) is 0.371. The van der Waals surface area contributed by atoms with Crippen LogP contribution in [-0.2, 0) is 4.74 Å². The van der Waals surface area contributed by atoms with E-state index < -0.39 is 10.1 Å². The van der Waals surface area contributed by atoms with Gasteiger partial charge in [-0.3, -0.25) is 0 Å². The molecule has 0 rings (SSSR count). The number of aliphatic hydroxyl groups excluding tert-OH is 1. The maximum absolute atomic E-state index is 8.90. The molecule has 0 aromatic rings. The van der Waals surface area contributed by atoms with E-state index in [2.05, 4.69) is 22.6 Å². The Labute approximate surface area is 87.9 Å². The Hall–Kier alpha value is 1.52. The van der Waals surface area contributed by atoms with Gasteiger partial charge in [-0.15, -0.1) is 0 Å². The minimum Gasteiger partial charge on any atom is -0.365 e. The van der Waals surface area contributed by atoms with Crippen LogP contribution in [0.4, 0.5) is 0 Å². The van der Waals surface area contributed by atoms with Gasteiger partial charge in [0.25, 0.3) is 0 Å². The molecule has 0 heterocycles. The Morgan fingerprint density at radius 2 is 2.00 bits per heavy atom. The molecule has 10 heavy (non-hydrogen) atoms. The molecule has 6 heteroatoms. The van der Waals surface area contributed by atoms with Crippen molar-refractivity contribution in [2.45, 2.75) is 10.1 Å². The van der Waals surface area contributed by atoms with Gasteiger partial charge >= 0.3 is 0 Å². The maximum atomic E-state index is 8.90. The molecule has 0 aliphatic heterocycles. The van der Waals surface area contributed by atoms with Crippen LogP contribution in [0.2, 0.25) is 0 Å². The van der Waals surface area contributed by atoms with Crippen LogP contribution in [-0.4, -0.2) is 26.2 Å². The number of aliphatic hydroxyl groups is 1. The molecule has 0 radical (unpaired) electrons. The third kappa shape index (κ3) is 5.21. The van der Waals surface area contributed by atoms with E-state index in [0.29, 0.717) is 6.61 Å². The molecule has 0 bridgehead atoms. The molecule has 1 N–H and O–H groups in total. The molecular formula is C4H6Cl3IO2. The Bertz CT molecular complexity index is 95.0. The zero-order valence-corrected chi connectivity index (χ0v) is 9.28. The number of hydrogen-bond donors (Lipinski definition) is 1. The van der Waals surface area contributed by atoms with E-state index in [1.807, 2.05) is 0 Å². The van der Waals surface area contributed by atoms with Crippen molar-refractivity contribution in [3.05, 3.63) is 0 Å². The van der Waals surface area contributed by atoms with Gasteiger partial charge in [-0.05, 0) is 0 Å². The Balaban J connectivity index is 3.52. The molecule has 0 aromatic carbocycles. The zero-order valence-electron chi connectivity index (χ0n) is 4.86. The first-order valence-corrected chi connectivity index (χ1v) is 5.06. The number of halogens is 4. The quantitative estimate of drug-likeness (QED) is 0.491. The monoisotopic (exact) mass is 318 g/mol. The first kappa shape index (κ1) is 11.5. The second-order valence-corrected chi connectivity index (χ2v) is 4.90. The summed E-state index contributed by atoms with van der Waals surface area (Å²) < 4.78 is 3.71. The van der Waals surface area contributed by atoms with Gasteiger partial charge in [-0.25, -0.2) is 0 Å². The van der Waals surface area contributed by atoms with Crippen molar-refractivity contribution in [2.24, 2.45) is 0 Å². The van der Waals surface area contributed by atoms with Crippen molar-refractivity contribution in [1.82, 2.24) is 0 Å². The molecule has 62 valence electrons. The van der Waals surface area contributed by atoms with Gasteiger partial charge in [0.05, 0.1) is 6.61 Å². The number of ether oxygens (including phenoxy) is 1. The standard InChI is InChI=1S/C4H6Cl3IO2/c5-4(6,7)3(9)10-2-1-8/h3,9H,1-2H2. The Morgan fingerprint density at radius 3 is 2.30 bits per heavy atom. The van der Waals surface area contributed by atoms with Gasteiger partial charge in [0.15, 0.2) is 0 Å². The number of rotatable bonds is 3. The van der Waals surface area contributed by atoms with Crippen LogP contribution < -0.4 is 0 Å². The summed E-state index contributed by atoms with van der Waals surface area (Å²) in [5.74, 6) is 0. The topological polar surface area (TPSA) is 29.5 Å². The molecule has 0 fully saturated rings. The summed E-state index contributed by atoms with van der Waals surface area (Å²) in [5, 5.41) is 8.90. The molecule has 0 saturated carbocycles. The van der Waals surface area contributed by atoms with Crippen LogP contribution in [0.5, 0.6) is 0 Å². The van der Waals surface area contributed by atoms with E-state index in [9.17, 15) is 0 Å². The fourth-order valence-electron chi connectivity index (χ4n) is 0.251. The van der Waals surface area contributed by atoms with Crippen molar-refractivity contribution in [1.29, 1.82) is 0 Å². The van der Waals surface area contributed by atoms with Gasteiger partial charge in [-0.2, -0.15) is 0 Å². The molecule has 2 nitrogen and oxygen atoms in total. The number of alkyl halides is 4. The average Bonchev–Trinajstić information content (AvgIpc) is 1.80. The molecule has 0 aliphatic carbocycles. The highest BCUT2D eigenvalue weighted by atomic mass is 127. The molecular weight excluding hydrogens is 313 g/mol. The third-order valence-electron chi connectivity index (χ3n) is 0.633. The van der Waals surface area contributed by atoms with Gasteiger partial charge in [0, 0.05) is 4.43 Å². The van der Waals surface area contributed by atoms with Gasteiger partial charge in [-0.1, -0.05) is 57.4 Å². The summed E-state index contributed by atoms with van der Waals surface area (Å²) in [7, 11) is 0. The summed E-state index contributed by atoms with van der Waals surface area (Å²) in [5.41, 5.74) is 0. The van der Waals surface area contributed by atoms with E-state index in [1.54, 1.807) is 0 Å². The van der Waals surface area contributed by atoms with Crippen molar-refractivity contribution in [2.75, 3.05) is 11.0 Å². The van der Waals surface area contributed by atoms with Gasteiger partial charge < -0.3 is 9.84 Å². The summed E-state index contributed by atoms with van der Waals surface area (Å²) >= 11 is 17.9. The SMILES string of the molecule is OC(OCCI)C(Cl)(Cl)Cl. The first-order valence-electron chi connectivity index (χ1n) is 2.41. The fourth-order valence-corrected chi connectivity index (χ4v) is 0.694. The molecule has 0 amide bonds. The molecule has 1 atom stereocenters. The normalized spacial score (nSPS) is 15.3. The molecule has 1 unspecified atom stereocenters. The smallest absolute Gasteiger partial charge is 0.240 e. The summed E-state index contributed by atoms with van der Waals surface area (Å²) in [6.07, 6.45) is -1.34. The summed E-state index contributed by atoms with van der Waals surface area (Å²) in [4.78, 5) is 0. The zero-order chi connectivity index (χ0) is 8.20. The molecule has 0 aromatic heterocycles. The average molecular weight is 319 g/mol. The predicted octanol–water partition coefficient (Wildman–Crippen LogP) is 2.13. The Morgan fingerprint density at radius 1 is 1.50 bits per heavy atom. The first-order chi connectivity index (χ1) is 4.48. The van der Waals surface area contributed by atoms with Crippen LogP contribution >= 0.6 is 57.4 Å². The highest BCUT2D eigenvalue weighted by Crippen LogP contribution is 2.30. The lowest BCUT2D eigenvalue weighted by Crippen LogP contribution is -2.28. The minimum absolute atomic E-state index is 0.371. The third-order valence-corrected chi connectivity index (χ3v) is 1.63. The van der Waals surface area contributed by atoms with Crippen molar-refractivity contribution in [3.8, 4) is 0 Å². The van der Waals surface area contributed by atoms with Crippen LogP contribution in [0, 0.1) is 0 Å². The van der Waals surface area contributed by atoms with Crippen LogP contribution in [0.25, 0.3) is 0 Å². The van der Waals surface area contributed by atoms with Crippen LogP contribution in [0.1, 0.15) is 0 Å². The highest BCUT2D eigenvalue weighted by Gasteiger charge is 2.31. The molecule has 0 aliphatic rings. The fraction of sp³-hybridized carbons (Fsp3) is 1.00. The van der Waals surface area contributed by atoms with Crippen molar-refractivity contribution >= 4 is 57.4 Å². The van der Waals surface area contributed by atoms with Crippen molar-refractivity contribution < 1.29 is 9.84 Å². The summed E-state index contributed by atoms with van der Waals surface area (Å²) in [6, 6.07) is 0. The lowest BCUT2D eigenvalue weighted by atomic mass is 10.7. The lowest BCUT2D eigenvalue weighted by Gasteiger charge is -2.18. The lowest BCUT2D eigenvalue weighted by molar-refractivity contribution is -0.0890. The number of hydrogen-bond acceptors (Lipinski definition) is 2. The predicted molar refractivity (Wildman–Crippen MR) is 51.1 cm³/mol.